The van der Waals surface area contributed by atoms with Crippen molar-refractivity contribution in [1.82, 2.24) is 44.5 Å². The lowest BCUT2D eigenvalue weighted by atomic mass is 10.1. The largest absolute Gasteiger partial charge is 0.387 e. The van der Waals surface area contributed by atoms with Gasteiger partial charge in [0.05, 0.1) is 19.3 Å². The molecular formula is C19H19F2N10O9PS. The van der Waals surface area contributed by atoms with Crippen molar-refractivity contribution < 1.29 is 42.1 Å². The number of ether oxygens (including phenoxy) is 2. The first-order valence-corrected chi connectivity index (χ1v) is 14.8. The van der Waals surface area contributed by atoms with Gasteiger partial charge in [-0.1, -0.05) is 17.5 Å². The van der Waals surface area contributed by atoms with E-state index < -0.39 is 79.3 Å². The molecule has 1 aliphatic carbocycles. The number of aromatic amines is 2. The third kappa shape index (κ3) is 4.01. The molecule has 2 unspecified atom stereocenters. The third-order valence-electron chi connectivity index (χ3n) is 7.22. The van der Waals surface area contributed by atoms with E-state index in [4.69, 9.17) is 24.3 Å². The lowest BCUT2D eigenvalue weighted by Gasteiger charge is -2.28. The van der Waals surface area contributed by atoms with Crippen LogP contribution >= 0.6 is 19.0 Å². The summed E-state index contributed by atoms with van der Waals surface area (Å²) in [6.07, 6.45) is -11.1. The van der Waals surface area contributed by atoms with E-state index in [-0.39, 0.29) is 28.3 Å². The number of nitrogens with zero attached hydrogens (tertiary/aromatic N) is 7. The highest BCUT2D eigenvalue weighted by molar-refractivity contribution is 8.44. The Balaban J connectivity index is 1.10. The summed E-state index contributed by atoms with van der Waals surface area (Å²) in [5, 5.41) is 27.8. The maximum Gasteiger partial charge on any atom is 0.386 e. The van der Waals surface area contributed by atoms with Crippen LogP contribution in [0.15, 0.2) is 22.2 Å². The maximum atomic E-state index is 15.7. The molecule has 7 rings (SSSR count). The molecule has 3 fully saturated rings. The summed E-state index contributed by atoms with van der Waals surface area (Å²) < 4.78 is 67.6. The SMILES string of the molecule is Nc1nc2c(ncn2[C@@H]2O[C@@H]3C(O)[C@]3(F)[C@H]2OP(=O)(S)OC[C@H]2O[C@@H](n3nnc4c(=O)[nH]cnc43)[C@@H](F)[C@@H]2O)c(=O)[nH]1. The van der Waals surface area contributed by atoms with Crippen molar-refractivity contribution >= 4 is 47.3 Å². The Labute approximate surface area is 234 Å². The quantitative estimate of drug-likeness (QED) is 0.0974. The third-order valence-corrected chi connectivity index (χ3v) is 8.82. The number of nitrogens with two attached hydrogens (primary N) is 1. The van der Waals surface area contributed by atoms with Crippen LogP contribution in [0.25, 0.3) is 22.3 Å². The summed E-state index contributed by atoms with van der Waals surface area (Å²) in [6, 6.07) is 0. The van der Waals surface area contributed by atoms with Crippen LogP contribution < -0.4 is 16.9 Å². The van der Waals surface area contributed by atoms with E-state index in [2.05, 4.69) is 47.5 Å². The Morgan fingerprint density at radius 1 is 1.19 bits per heavy atom. The van der Waals surface area contributed by atoms with Gasteiger partial charge >= 0.3 is 6.80 Å². The normalized spacial score (nSPS) is 35.5. The lowest BCUT2D eigenvalue weighted by molar-refractivity contribution is -0.0769. The number of rotatable bonds is 7. The molecule has 0 spiro atoms. The van der Waals surface area contributed by atoms with Crippen LogP contribution in [0, 0.1) is 0 Å². The predicted molar refractivity (Wildman–Crippen MR) is 134 cm³/mol. The van der Waals surface area contributed by atoms with Crippen molar-refractivity contribution in [3.63, 3.8) is 0 Å². The van der Waals surface area contributed by atoms with Gasteiger partial charge in [-0.15, -0.1) is 5.10 Å². The van der Waals surface area contributed by atoms with Crippen molar-refractivity contribution in [2.24, 2.45) is 0 Å². The van der Waals surface area contributed by atoms with Crippen LogP contribution in [0.4, 0.5) is 14.7 Å². The van der Waals surface area contributed by atoms with Crippen LogP contribution in [0.5, 0.6) is 0 Å². The molecule has 23 heteroatoms. The highest BCUT2D eigenvalue weighted by Gasteiger charge is 2.80. The van der Waals surface area contributed by atoms with Gasteiger partial charge in [0.1, 0.15) is 24.4 Å². The predicted octanol–water partition coefficient (Wildman–Crippen LogP) is -1.75. The number of aliphatic hydroxyl groups excluding tert-OH is 2. The molecule has 2 aliphatic heterocycles. The van der Waals surface area contributed by atoms with Gasteiger partial charge in [-0.25, -0.2) is 23.3 Å². The van der Waals surface area contributed by atoms with Crippen LogP contribution in [-0.4, -0.2) is 104 Å². The number of nitrogen functional groups attached to an aromatic ring is 1. The number of hydrogen-bond acceptors (Lipinski definition) is 15. The number of hydrogen-bond donors (Lipinski definition) is 6. The highest BCUT2D eigenvalue weighted by atomic mass is 32.7. The summed E-state index contributed by atoms with van der Waals surface area (Å²) in [6.45, 7) is -5.31. The van der Waals surface area contributed by atoms with Crippen LogP contribution in [0.3, 0.4) is 0 Å². The van der Waals surface area contributed by atoms with Gasteiger partial charge in [0.15, 0.2) is 52.7 Å². The van der Waals surface area contributed by atoms with Gasteiger partial charge < -0.3 is 30.4 Å². The number of nitrogens with one attached hydrogen (secondary N) is 2. The summed E-state index contributed by atoms with van der Waals surface area (Å²) in [4.78, 5) is 40.4. The summed E-state index contributed by atoms with van der Waals surface area (Å²) >= 11 is 3.88. The minimum atomic E-state index is -4.55. The zero-order valence-electron chi connectivity index (χ0n) is 20.6. The summed E-state index contributed by atoms with van der Waals surface area (Å²) in [7, 11) is 0. The van der Waals surface area contributed by atoms with E-state index in [0.717, 1.165) is 21.9 Å². The van der Waals surface area contributed by atoms with Crippen LogP contribution in [0.2, 0.25) is 0 Å². The first kappa shape index (κ1) is 27.5. The Morgan fingerprint density at radius 2 is 1.98 bits per heavy atom. The number of fused-ring (bicyclic) bond motifs is 3. The topological polar surface area (TPSA) is 260 Å². The van der Waals surface area contributed by atoms with E-state index in [1.807, 2.05) is 0 Å². The molecule has 224 valence electrons. The Bertz CT molecular complexity index is 1890. The van der Waals surface area contributed by atoms with Gasteiger partial charge in [0, 0.05) is 0 Å². The van der Waals surface area contributed by atoms with Crippen molar-refractivity contribution in [2.75, 3.05) is 12.3 Å². The van der Waals surface area contributed by atoms with Gasteiger partial charge in [-0.2, -0.15) is 9.67 Å². The van der Waals surface area contributed by atoms with Gasteiger partial charge in [-0.3, -0.25) is 28.2 Å². The van der Waals surface area contributed by atoms with Gasteiger partial charge in [0.25, 0.3) is 11.1 Å². The fraction of sp³-hybridized carbons (Fsp3) is 0.526. The molecule has 0 radical (unpaired) electrons. The van der Waals surface area contributed by atoms with E-state index in [1.165, 1.54) is 0 Å². The molecule has 3 aliphatic rings. The lowest BCUT2D eigenvalue weighted by Crippen LogP contribution is -2.36. The number of imidazole rings is 1. The number of halogens is 2. The Kier molecular flexibility index (Phi) is 6.09. The number of aromatic nitrogens is 9. The number of thiol groups is 1. The molecule has 6 heterocycles. The monoisotopic (exact) mass is 632 g/mol. The molecule has 0 aromatic carbocycles. The van der Waals surface area contributed by atoms with E-state index in [9.17, 15) is 24.4 Å². The Morgan fingerprint density at radius 3 is 2.76 bits per heavy atom. The van der Waals surface area contributed by atoms with Gasteiger partial charge in [-0.05, 0) is 0 Å². The first-order chi connectivity index (χ1) is 19.9. The van der Waals surface area contributed by atoms with E-state index >= 15 is 8.78 Å². The second-order valence-corrected chi connectivity index (χ2v) is 12.6. The molecule has 0 bridgehead atoms. The maximum absolute atomic E-state index is 15.7. The molecule has 4 aromatic rings. The molecule has 42 heavy (non-hydrogen) atoms. The fourth-order valence-corrected chi connectivity index (χ4v) is 6.53. The van der Waals surface area contributed by atoms with E-state index in [0.29, 0.717) is 0 Å². The average molecular weight is 632 g/mol. The van der Waals surface area contributed by atoms with Crippen molar-refractivity contribution in [3.8, 4) is 0 Å². The molecule has 1 saturated carbocycles. The summed E-state index contributed by atoms with van der Waals surface area (Å²) in [5.41, 5.74) is 1.16. The molecule has 4 aromatic heterocycles. The average Bonchev–Trinajstić information content (AvgIpc) is 3.47. The molecule has 0 amide bonds. The minimum Gasteiger partial charge on any atom is -0.387 e. The van der Waals surface area contributed by atoms with Crippen LogP contribution in [0.1, 0.15) is 12.5 Å². The second-order valence-electron chi connectivity index (χ2n) is 9.72. The number of aliphatic hydroxyl groups is 2. The van der Waals surface area contributed by atoms with Crippen molar-refractivity contribution in [1.29, 1.82) is 0 Å². The Hall–Kier alpha value is -3.37. The second kappa shape index (κ2) is 9.31. The zero-order chi connectivity index (χ0) is 29.7. The van der Waals surface area contributed by atoms with Crippen molar-refractivity contribution in [3.05, 3.63) is 33.4 Å². The fourth-order valence-electron chi connectivity index (χ4n) is 5.08. The standard InChI is InChI=1S/C19H19F2N10O9PS/c20-5-8(32)4(38-16(5)31-12-7(28-29-31)14(34)24-2-23-12)1-37-41(36,42)40-11-17(39-10-9(33)19(10,11)21)30-3-25-6-13(30)26-18(22)27-15(6)35/h2-5,8-11,16-17,32-33H,1H2,(H,36,42)(H,23,24,34)(H3,22,26,27,35)/t4-,5+,8-,9?,10-,11+,16-,17-,19-,41?/m1/s1. The number of alkyl halides is 2. The molecule has 19 nitrogen and oxygen atoms in total. The van der Waals surface area contributed by atoms with Crippen molar-refractivity contribution in [2.45, 2.75) is 54.8 Å². The molecule has 10 atom stereocenters. The number of anilines is 1. The molecule has 6 N–H and O–H groups in total. The summed E-state index contributed by atoms with van der Waals surface area (Å²) in [5.74, 6) is -0.269. The van der Waals surface area contributed by atoms with E-state index in [1.54, 1.807) is 0 Å². The zero-order valence-corrected chi connectivity index (χ0v) is 22.4. The minimum absolute atomic E-state index is 0.108. The van der Waals surface area contributed by atoms with Crippen LogP contribution in [-0.2, 0) is 23.1 Å². The smallest absolute Gasteiger partial charge is 0.386 e. The highest BCUT2D eigenvalue weighted by Crippen LogP contribution is 2.64. The molecular weight excluding hydrogens is 613 g/mol. The number of H-pyrrole nitrogens is 2. The molecule has 2 saturated heterocycles. The van der Waals surface area contributed by atoms with Gasteiger partial charge in [0.2, 0.25) is 5.95 Å². The first-order valence-electron chi connectivity index (χ1n) is 12.1.